The van der Waals surface area contributed by atoms with Crippen LogP contribution in [0.5, 0.6) is 0 Å². The first-order chi connectivity index (χ1) is 19.3. The Morgan fingerprint density at radius 3 is 1.77 bits per heavy atom. The number of hydrogen-bond acceptors (Lipinski definition) is 2. The molecule has 0 aliphatic heterocycles. The van der Waals surface area contributed by atoms with Gasteiger partial charge in [-0.3, -0.25) is 0 Å². The number of benzene rings is 7. The van der Waals surface area contributed by atoms with E-state index in [2.05, 4.69) is 121 Å². The maximum atomic E-state index is 9.35. The van der Waals surface area contributed by atoms with Crippen molar-refractivity contribution >= 4 is 54.3 Å². The summed E-state index contributed by atoms with van der Waals surface area (Å²) in [5.41, 5.74) is 7.15. The average Bonchev–Trinajstić information content (AvgIpc) is 3.40. The number of hydrogen-bond donors (Lipinski definition) is 0. The van der Waals surface area contributed by atoms with E-state index in [1.54, 1.807) is 0 Å². The third kappa shape index (κ3) is 3.14. The summed E-state index contributed by atoms with van der Waals surface area (Å²) in [5.74, 6) is 0. The van der Waals surface area contributed by atoms with Gasteiger partial charge in [-0.05, 0) is 73.5 Å². The van der Waals surface area contributed by atoms with Crippen molar-refractivity contribution in [3.63, 3.8) is 0 Å². The van der Waals surface area contributed by atoms with Gasteiger partial charge in [0.1, 0.15) is 11.2 Å². The van der Waals surface area contributed by atoms with E-state index >= 15 is 0 Å². The molecular formula is C37H21NO. The van der Waals surface area contributed by atoms with Crippen molar-refractivity contribution in [3.8, 4) is 28.3 Å². The van der Waals surface area contributed by atoms with Gasteiger partial charge in [-0.2, -0.15) is 5.26 Å². The van der Waals surface area contributed by atoms with Gasteiger partial charge in [0.25, 0.3) is 0 Å². The van der Waals surface area contributed by atoms with Crippen LogP contribution in [0.3, 0.4) is 0 Å². The molecule has 0 fully saturated rings. The molecule has 2 nitrogen and oxygen atoms in total. The van der Waals surface area contributed by atoms with Crippen LogP contribution in [0.25, 0.3) is 76.5 Å². The molecule has 0 atom stereocenters. The Bertz CT molecular complexity index is 2220. The summed E-state index contributed by atoms with van der Waals surface area (Å²) in [7, 11) is 0. The fourth-order valence-electron chi connectivity index (χ4n) is 6.20. The minimum Gasteiger partial charge on any atom is -0.455 e. The lowest BCUT2D eigenvalue weighted by Crippen LogP contribution is -1.91. The van der Waals surface area contributed by atoms with Gasteiger partial charge in [-0.25, -0.2) is 0 Å². The zero-order valence-electron chi connectivity index (χ0n) is 21.0. The molecule has 0 saturated heterocycles. The van der Waals surface area contributed by atoms with Crippen molar-refractivity contribution in [1.82, 2.24) is 0 Å². The lowest BCUT2D eigenvalue weighted by atomic mass is 9.85. The minimum absolute atomic E-state index is 0.662. The highest BCUT2D eigenvalue weighted by molar-refractivity contribution is 6.26. The van der Waals surface area contributed by atoms with E-state index in [-0.39, 0.29) is 0 Å². The van der Waals surface area contributed by atoms with Crippen molar-refractivity contribution in [2.75, 3.05) is 0 Å². The topological polar surface area (TPSA) is 36.9 Å². The maximum absolute atomic E-state index is 9.35. The molecule has 0 unspecified atom stereocenters. The summed E-state index contributed by atoms with van der Waals surface area (Å²) in [6.07, 6.45) is 0. The number of nitrogens with zero attached hydrogens (tertiary/aromatic N) is 1. The summed E-state index contributed by atoms with van der Waals surface area (Å²) in [4.78, 5) is 0. The zero-order valence-corrected chi connectivity index (χ0v) is 21.0. The second kappa shape index (κ2) is 8.31. The van der Waals surface area contributed by atoms with Crippen molar-refractivity contribution in [1.29, 1.82) is 5.26 Å². The minimum atomic E-state index is 0.662. The quantitative estimate of drug-likeness (QED) is 0.224. The van der Waals surface area contributed by atoms with Crippen molar-refractivity contribution in [2.24, 2.45) is 0 Å². The monoisotopic (exact) mass is 495 g/mol. The maximum Gasteiger partial charge on any atom is 0.143 e. The average molecular weight is 496 g/mol. The van der Waals surface area contributed by atoms with Crippen LogP contribution in [0.15, 0.2) is 132 Å². The third-order valence-corrected chi connectivity index (χ3v) is 7.89. The van der Waals surface area contributed by atoms with Crippen LogP contribution >= 0.6 is 0 Å². The SMILES string of the molecule is N#Cc1ccc(-c2c3ccccc3c(-c3cccc4oc5c6ccccc6ccc5c34)c3ccccc23)cc1. The molecule has 1 aromatic heterocycles. The van der Waals surface area contributed by atoms with Gasteiger partial charge < -0.3 is 4.42 Å². The zero-order chi connectivity index (χ0) is 25.9. The van der Waals surface area contributed by atoms with Crippen molar-refractivity contribution < 1.29 is 4.42 Å². The largest absolute Gasteiger partial charge is 0.455 e. The molecule has 1 heterocycles. The molecular weight excluding hydrogens is 474 g/mol. The van der Waals surface area contributed by atoms with Crippen LogP contribution < -0.4 is 0 Å². The molecule has 0 aliphatic rings. The lowest BCUT2D eigenvalue weighted by molar-refractivity contribution is 0.673. The third-order valence-electron chi connectivity index (χ3n) is 7.89. The van der Waals surface area contributed by atoms with E-state index in [9.17, 15) is 5.26 Å². The van der Waals surface area contributed by atoms with Gasteiger partial charge in [0, 0.05) is 16.2 Å². The normalized spacial score (nSPS) is 11.6. The molecule has 180 valence electrons. The fraction of sp³-hybridized carbons (Fsp3) is 0. The van der Waals surface area contributed by atoms with Crippen LogP contribution in [0.4, 0.5) is 0 Å². The summed E-state index contributed by atoms with van der Waals surface area (Å²) < 4.78 is 6.54. The van der Waals surface area contributed by atoms with Crippen LogP contribution in [0.1, 0.15) is 5.56 Å². The smallest absolute Gasteiger partial charge is 0.143 e. The van der Waals surface area contributed by atoms with Crippen LogP contribution in [-0.2, 0) is 0 Å². The van der Waals surface area contributed by atoms with E-state index in [1.807, 2.05) is 12.1 Å². The number of furan rings is 1. The van der Waals surface area contributed by atoms with Gasteiger partial charge in [-0.15, -0.1) is 0 Å². The highest BCUT2D eigenvalue weighted by Gasteiger charge is 2.20. The van der Waals surface area contributed by atoms with E-state index < -0.39 is 0 Å². The van der Waals surface area contributed by atoms with Crippen molar-refractivity contribution in [3.05, 3.63) is 133 Å². The van der Waals surface area contributed by atoms with E-state index in [4.69, 9.17) is 4.42 Å². The lowest BCUT2D eigenvalue weighted by Gasteiger charge is -2.18. The standard InChI is InChI=1S/C37H21NO/c38-22-23-16-18-25(19-17-23)34-27-10-3-5-12-29(27)35(30-13-6-4-11-28(30)34)31-14-7-15-33-36(31)32-21-20-24-8-1-2-9-26(24)37(32)39-33/h1-21H. The second-order valence-corrected chi connectivity index (χ2v) is 9.97. The second-order valence-electron chi connectivity index (χ2n) is 9.97. The number of rotatable bonds is 2. The van der Waals surface area contributed by atoms with E-state index in [0.29, 0.717) is 5.56 Å². The number of fused-ring (bicyclic) bond motifs is 7. The van der Waals surface area contributed by atoms with Gasteiger partial charge in [0.05, 0.1) is 11.6 Å². The Kier molecular flexibility index (Phi) is 4.62. The molecule has 8 aromatic rings. The molecule has 0 N–H and O–H groups in total. The molecule has 8 rings (SSSR count). The summed E-state index contributed by atoms with van der Waals surface area (Å²) in [6.45, 7) is 0. The molecule has 0 saturated carbocycles. The van der Waals surface area contributed by atoms with Crippen LogP contribution in [0.2, 0.25) is 0 Å². The first kappa shape index (κ1) is 21.7. The van der Waals surface area contributed by atoms with Crippen LogP contribution in [-0.4, -0.2) is 0 Å². The predicted octanol–water partition coefficient (Wildman–Crippen LogP) is 10.3. The Balaban J connectivity index is 1.53. The van der Waals surface area contributed by atoms with Gasteiger partial charge >= 0.3 is 0 Å². The molecule has 0 spiro atoms. The van der Waals surface area contributed by atoms with E-state index in [1.165, 1.54) is 43.6 Å². The summed E-state index contributed by atoms with van der Waals surface area (Å²) in [5, 5.41) is 18.7. The van der Waals surface area contributed by atoms with Gasteiger partial charge in [0.15, 0.2) is 0 Å². The first-order valence-corrected chi connectivity index (χ1v) is 13.1. The fourth-order valence-corrected chi connectivity index (χ4v) is 6.20. The summed E-state index contributed by atoms with van der Waals surface area (Å²) in [6, 6.07) is 46.6. The summed E-state index contributed by atoms with van der Waals surface area (Å²) >= 11 is 0. The predicted molar refractivity (Wildman–Crippen MR) is 162 cm³/mol. The van der Waals surface area contributed by atoms with Gasteiger partial charge in [-0.1, -0.05) is 103 Å². The Morgan fingerprint density at radius 1 is 0.487 bits per heavy atom. The Labute approximate surface area is 225 Å². The van der Waals surface area contributed by atoms with Crippen molar-refractivity contribution in [2.45, 2.75) is 0 Å². The highest BCUT2D eigenvalue weighted by Crippen LogP contribution is 2.47. The molecule has 39 heavy (non-hydrogen) atoms. The molecule has 2 heteroatoms. The molecule has 0 radical (unpaired) electrons. The van der Waals surface area contributed by atoms with Gasteiger partial charge in [0.2, 0.25) is 0 Å². The Morgan fingerprint density at radius 2 is 1.10 bits per heavy atom. The first-order valence-electron chi connectivity index (χ1n) is 13.1. The molecule has 0 aliphatic carbocycles. The molecule has 0 amide bonds. The molecule has 7 aromatic carbocycles. The molecule has 0 bridgehead atoms. The van der Waals surface area contributed by atoms with E-state index in [0.717, 1.165) is 32.9 Å². The Hall–Kier alpha value is -5.39. The van der Waals surface area contributed by atoms with Crippen LogP contribution in [0, 0.1) is 11.3 Å². The highest BCUT2D eigenvalue weighted by atomic mass is 16.3. The number of nitriles is 1.